The minimum atomic E-state index is -2.73. The fourth-order valence-electron chi connectivity index (χ4n) is 2.63. The van der Waals surface area contributed by atoms with E-state index >= 15 is 0 Å². The zero-order valence-electron chi connectivity index (χ0n) is 12.6. The number of hydrogen-bond acceptors (Lipinski definition) is 2. The second kappa shape index (κ2) is 6.74. The average Bonchev–Trinajstić information content (AvgIpc) is 2.58. The van der Waals surface area contributed by atoms with Crippen molar-refractivity contribution >= 4 is 8.25 Å². The highest BCUT2D eigenvalue weighted by atomic mass is 31.1. The maximum atomic E-state index is 11.3. The normalized spacial score (nSPS) is 11.1. The summed E-state index contributed by atoms with van der Waals surface area (Å²) in [5, 5.41) is 0. The molecule has 0 saturated heterocycles. The van der Waals surface area contributed by atoms with E-state index in [-0.39, 0.29) is 0 Å². The molecule has 114 valence electrons. The van der Waals surface area contributed by atoms with Crippen LogP contribution in [0, 0.1) is 6.92 Å². The Morgan fingerprint density at radius 2 is 1.39 bits per heavy atom. The number of rotatable bonds is 4. The van der Waals surface area contributed by atoms with Crippen LogP contribution in [-0.2, 0) is 4.57 Å². The summed E-state index contributed by atoms with van der Waals surface area (Å²) in [6, 6.07) is 23.6. The number of aryl methyl sites for hydroxylation is 1. The van der Waals surface area contributed by atoms with Crippen molar-refractivity contribution in [1.29, 1.82) is 0 Å². The van der Waals surface area contributed by atoms with Crippen LogP contribution in [0.15, 0.2) is 72.8 Å². The van der Waals surface area contributed by atoms with Gasteiger partial charge in [-0.3, -0.25) is 0 Å². The first-order valence-corrected chi connectivity index (χ1v) is 8.38. The van der Waals surface area contributed by atoms with Gasteiger partial charge in [-0.1, -0.05) is 72.8 Å². The summed E-state index contributed by atoms with van der Waals surface area (Å²) < 4.78 is 16.5. The topological polar surface area (TPSA) is 46.5 Å². The molecule has 3 nitrogen and oxygen atoms in total. The van der Waals surface area contributed by atoms with Crippen molar-refractivity contribution in [2.24, 2.45) is 0 Å². The molecule has 0 heterocycles. The smallest absolute Gasteiger partial charge is 0.228 e. The molecule has 1 atom stereocenters. The van der Waals surface area contributed by atoms with Gasteiger partial charge in [-0.15, -0.1) is 4.89 Å². The number of benzene rings is 3. The van der Waals surface area contributed by atoms with Crippen LogP contribution >= 0.6 is 8.25 Å². The molecule has 0 saturated carbocycles. The summed E-state index contributed by atoms with van der Waals surface area (Å²) in [4.78, 5) is 9.25. The predicted molar refractivity (Wildman–Crippen MR) is 92.5 cm³/mol. The summed E-state index contributed by atoms with van der Waals surface area (Å²) >= 11 is 0. The molecule has 0 bridgehead atoms. The van der Waals surface area contributed by atoms with Crippen LogP contribution in [0.4, 0.5) is 0 Å². The third-order valence-corrected chi connectivity index (χ3v) is 4.01. The van der Waals surface area contributed by atoms with Crippen LogP contribution in [0.25, 0.3) is 22.3 Å². The molecule has 0 aliphatic carbocycles. The highest BCUT2D eigenvalue weighted by molar-refractivity contribution is 7.32. The van der Waals surface area contributed by atoms with Gasteiger partial charge in [0, 0.05) is 10.1 Å². The second-order valence-corrected chi connectivity index (χ2v) is 5.85. The summed E-state index contributed by atoms with van der Waals surface area (Å²) in [6.07, 6.45) is 0. The summed E-state index contributed by atoms with van der Waals surface area (Å²) in [6.45, 7) is 1.87. The molecule has 3 aromatic rings. The Labute approximate surface area is 136 Å². The molecule has 3 rings (SSSR count). The van der Waals surface area contributed by atoms with Gasteiger partial charge in [-0.2, -0.15) is 0 Å². The van der Waals surface area contributed by atoms with Crippen LogP contribution < -0.4 is 4.52 Å². The molecule has 0 spiro atoms. The maximum absolute atomic E-state index is 11.3. The van der Waals surface area contributed by atoms with Gasteiger partial charge in [0.05, 0.1) is 0 Å². The zero-order valence-corrected chi connectivity index (χ0v) is 13.5. The fraction of sp³-hybridized carbons (Fsp3) is 0.0526. The van der Waals surface area contributed by atoms with Crippen LogP contribution in [0.2, 0.25) is 0 Å². The van der Waals surface area contributed by atoms with E-state index in [2.05, 4.69) is 0 Å². The van der Waals surface area contributed by atoms with Crippen molar-refractivity contribution in [2.45, 2.75) is 6.92 Å². The molecule has 0 aliphatic rings. The van der Waals surface area contributed by atoms with E-state index in [9.17, 15) is 9.46 Å². The second-order valence-electron chi connectivity index (χ2n) is 5.20. The maximum Gasteiger partial charge on any atom is 0.747 e. The highest BCUT2D eigenvalue weighted by Crippen LogP contribution is 2.43. The van der Waals surface area contributed by atoms with Crippen molar-refractivity contribution in [1.82, 2.24) is 0 Å². The molecule has 0 amide bonds. The van der Waals surface area contributed by atoms with Gasteiger partial charge in [-0.25, -0.2) is 4.52 Å². The first-order chi connectivity index (χ1) is 11.2. The third kappa shape index (κ3) is 3.31. The molecule has 4 heteroatoms. The van der Waals surface area contributed by atoms with Crippen molar-refractivity contribution < 1.29 is 14.0 Å². The van der Waals surface area contributed by atoms with Crippen LogP contribution in [0.3, 0.4) is 0 Å². The first kappa shape index (κ1) is 15.4. The standard InChI is InChI=1S/C19H15O3P/c1-14-12-13-17(15-8-4-2-5-9-15)18(19(14)22-23(20)21)16-10-6-3-7-11-16/h2-13H,1H3/p+1. The molecule has 1 unspecified atom stereocenters. The van der Waals surface area contributed by atoms with E-state index in [4.69, 9.17) is 4.52 Å². The zero-order chi connectivity index (χ0) is 16.2. The van der Waals surface area contributed by atoms with Gasteiger partial charge in [-0.05, 0) is 29.2 Å². The van der Waals surface area contributed by atoms with Gasteiger partial charge >= 0.3 is 8.25 Å². The fourth-order valence-corrected chi connectivity index (χ4v) is 3.02. The quantitative estimate of drug-likeness (QED) is 0.658. The molecule has 0 radical (unpaired) electrons. The molecule has 3 aromatic carbocycles. The van der Waals surface area contributed by atoms with Gasteiger partial charge in [0.15, 0.2) is 0 Å². The van der Waals surface area contributed by atoms with E-state index < -0.39 is 8.25 Å². The summed E-state index contributed by atoms with van der Waals surface area (Å²) in [5.41, 5.74) is 4.59. The number of hydrogen-bond donors (Lipinski definition) is 1. The monoisotopic (exact) mass is 323 g/mol. The lowest BCUT2D eigenvalue weighted by Crippen LogP contribution is -1.93. The molecular formula is C19H16O3P+. The molecular weight excluding hydrogens is 307 g/mol. The van der Waals surface area contributed by atoms with Gasteiger partial charge < -0.3 is 0 Å². The Morgan fingerprint density at radius 1 is 0.826 bits per heavy atom. The van der Waals surface area contributed by atoms with Gasteiger partial charge in [0.1, 0.15) is 0 Å². The molecule has 0 aliphatic heterocycles. The molecule has 23 heavy (non-hydrogen) atoms. The predicted octanol–water partition coefficient (Wildman–Crippen LogP) is 5.36. The minimum absolute atomic E-state index is 0.446. The lowest BCUT2D eigenvalue weighted by molar-refractivity contribution is 0.410. The average molecular weight is 323 g/mol. The first-order valence-electron chi connectivity index (χ1n) is 7.25. The van der Waals surface area contributed by atoms with Gasteiger partial charge in [0.25, 0.3) is 0 Å². The lowest BCUT2D eigenvalue weighted by atomic mass is 9.92. The Hall–Kier alpha value is -2.48. The van der Waals surface area contributed by atoms with Crippen molar-refractivity contribution in [2.75, 3.05) is 0 Å². The SMILES string of the molecule is Cc1ccc(-c2ccccc2)c(-c2ccccc2)c1O[P+](=O)O. The Bertz CT molecular complexity index is 830. The molecule has 0 aromatic heterocycles. The van der Waals surface area contributed by atoms with Crippen LogP contribution in [0.1, 0.15) is 5.56 Å². The van der Waals surface area contributed by atoms with Crippen molar-refractivity contribution in [3.05, 3.63) is 78.4 Å². The van der Waals surface area contributed by atoms with Gasteiger partial charge in [0.2, 0.25) is 5.75 Å². The Kier molecular flexibility index (Phi) is 4.52. The third-order valence-electron chi connectivity index (χ3n) is 3.67. The van der Waals surface area contributed by atoms with Crippen molar-refractivity contribution in [3.8, 4) is 28.0 Å². The van der Waals surface area contributed by atoms with Crippen molar-refractivity contribution in [3.63, 3.8) is 0 Å². The van der Waals surface area contributed by atoms with Crippen LogP contribution in [0.5, 0.6) is 5.75 Å². The summed E-state index contributed by atoms with van der Waals surface area (Å²) in [5.74, 6) is 0.446. The molecule has 1 N–H and O–H groups in total. The van der Waals surface area contributed by atoms with Crippen LogP contribution in [-0.4, -0.2) is 4.89 Å². The van der Waals surface area contributed by atoms with E-state index in [1.165, 1.54) is 0 Å². The minimum Gasteiger partial charge on any atom is -0.228 e. The highest BCUT2D eigenvalue weighted by Gasteiger charge is 2.23. The van der Waals surface area contributed by atoms with E-state index in [1.807, 2.05) is 79.7 Å². The largest absolute Gasteiger partial charge is 0.747 e. The van der Waals surface area contributed by atoms with E-state index in [1.54, 1.807) is 0 Å². The summed E-state index contributed by atoms with van der Waals surface area (Å²) in [7, 11) is -2.73. The van der Waals surface area contributed by atoms with E-state index in [0.29, 0.717) is 5.75 Å². The van der Waals surface area contributed by atoms with E-state index in [0.717, 1.165) is 27.8 Å². The Balaban J connectivity index is 2.30. The Morgan fingerprint density at radius 3 is 1.96 bits per heavy atom. The molecule has 0 fully saturated rings. The lowest BCUT2D eigenvalue weighted by Gasteiger charge is -2.14.